The number of rotatable bonds is 3. The Balaban J connectivity index is 2.23. The van der Waals surface area contributed by atoms with Crippen LogP contribution in [-0.4, -0.2) is 26.6 Å². The summed E-state index contributed by atoms with van der Waals surface area (Å²) < 4.78 is 1.78. The van der Waals surface area contributed by atoms with Crippen LogP contribution < -0.4 is 5.73 Å². The lowest BCUT2D eigenvalue weighted by Gasteiger charge is -2.10. The number of nitrogens with two attached hydrogens (primary N) is 1. The Morgan fingerprint density at radius 3 is 2.83 bits per heavy atom. The fourth-order valence-corrected chi connectivity index (χ4v) is 1.27. The Bertz CT molecular complexity index is 279. The van der Waals surface area contributed by atoms with Crippen LogP contribution in [0.3, 0.4) is 0 Å². The van der Waals surface area contributed by atoms with Crippen LogP contribution in [-0.2, 0) is 12.1 Å². The molecular weight excluding hydrogens is 156 g/mol. The van der Waals surface area contributed by atoms with Gasteiger partial charge in [0.15, 0.2) is 0 Å². The van der Waals surface area contributed by atoms with Gasteiger partial charge in [0, 0.05) is 6.54 Å². The fraction of sp³-hybridized carbons (Fsp3) is 0.714. The molecule has 1 aliphatic carbocycles. The molecule has 1 fully saturated rings. The van der Waals surface area contributed by atoms with E-state index in [0.717, 1.165) is 12.8 Å². The van der Waals surface area contributed by atoms with Gasteiger partial charge in [-0.25, -0.2) is 4.68 Å². The summed E-state index contributed by atoms with van der Waals surface area (Å²) in [5.74, 6) is 0. The second-order valence-corrected chi connectivity index (χ2v) is 3.24. The highest BCUT2D eigenvalue weighted by Crippen LogP contribution is 2.41. The van der Waals surface area contributed by atoms with E-state index < -0.39 is 0 Å². The van der Waals surface area contributed by atoms with Gasteiger partial charge in [-0.15, -0.1) is 5.10 Å². The van der Waals surface area contributed by atoms with Gasteiger partial charge in [-0.05, 0) is 12.8 Å². The van der Waals surface area contributed by atoms with Crippen molar-refractivity contribution in [2.75, 3.05) is 6.54 Å². The number of aliphatic hydroxyl groups excluding tert-OH is 1. The van der Waals surface area contributed by atoms with Crippen molar-refractivity contribution in [2.24, 2.45) is 5.73 Å². The molecule has 0 aromatic carbocycles. The van der Waals surface area contributed by atoms with Gasteiger partial charge in [0.05, 0.1) is 18.3 Å². The van der Waals surface area contributed by atoms with Gasteiger partial charge in [-0.1, -0.05) is 5.21 Å². The molecule has 1 aromatic rings. The van der Waals surface area contributed by atoms with E-state index in [9.17, 15) is 0 Å². The molecule has 2 rings (SSSR count). The minimum Gasteiger partial charge on any atom is -0.390 e. The Kier molecular flexibility index (Phi) is 1.62. The predicted octanol–water partition coefficient (Wildman–Crippen LogP) is -0.782. The maximum atomic E-state index is 8.76. The third kappa shape index (κ3) is 1.02. The highest BCUT2D eigenvalue weighted by Gasteiger charge is 2.44. The zero-order valence-electron chi connectivity index (χ0n) is 6.77. The average molecular weight is 168 g/mol. The van der Waals surface area contributed by atoms with Crippen molar-refractivity contribution in [2.45, 2.75) is 25.0 Å². The van der Waals surface area contributed by atoms with E-state index in [1.165, 1.54) is 0 Å². The van der Waals surface area contributed by atoms with Crippen LogP contribution >= 0.6 is 0 Å². The van der Waals surface area contributed by atoms with Crippen LogP contribution in [0.5, 0.6) is 0 Å². The third-order valence-corrected chi connectivity index (χ3v) is 2.40. The summed E-state index contributed by atoms with van der Waals surface area (Å²) in [5.41, 5.74) is 6.22. The summed E-state index contributed by atoms with van der Waals surface area (Å²) in [4.78, 5) is 0. The van der Waals surface area contributed by atoms with Crippen LogP contribution in [0.1, 0.15) is 18.5 Å². The molecule has 5 nitrogen and oxygen atoms in total. The highest BCUT2D eigenvalue weighted by molar-refractivity contribution is 5.03. The van der Waals surface area contributed by atoms with E-state index >= 15 is 0 Å². The lowest BCUT2D eigenvalue weighted by molar-refractivity contribution is 0.276. The Hall–Kier alpha value is -0.940. The molecule has 1 aromatic heterocycles. The van der Waals surface area contributed by atoms with E-state index in [-0.39, 0.29) is 12.1 Å². The van der Waals surface area contributed by atoms with Gasteiger partial charge in [-0.3, -0.25) is 0 Å². The van der Waals surface area contributed by atoms with Crippen LogP contribution in [0.15, 0.2) is 6.20 Å². The Labute approximate surface area is 70.2 Å². The summed E-state index contributed by atoms with van der Waals surface area (Å²) in [6, 6.07) is 0. The molecule has 1 aliphatic rings. The molecule has 3 N–H and O–H groups in total. The second-order valence-electron chi connectivity index (χ2n) is 3.24. The first-order chi connectivity index (χ1) is 5.80. The molecule has 0 spiro atoms. The summed E-state index contributed by atoms with van der Waals surface area (Å²) in [6.45, 7) is 0.544. The zero-order valence-corrected chi connectivity index (χ0v) is 6.77. The quantitative estimate of drug-likeness (QED) is 0.620. The monoisotopic (exact) mass is 168 g/mol. The first kappa shape index (κ1) is 7.70. The van der Waals surface area contributed by atoms with E-state index in [1.54, 1.807) is 10.9 Å². The molecule has 12 heavy (non-hydrogen) atoms. The first-order valence-corrected chi connectivity index (χ1v) is 4.03. The number of hydrogen-bond donors (Lipinski definition) is 2. The van der Waals surface area contributed by atoms with Crippen LogP contribution in [0, 0.1) is 0 Å². The van der Waals surface area contributed by atoms with Crippen molar-refractivity contribution in [1.29, 1.82) is 0 Å². The lowest BCUT2D eigenvalue weighted by atomic mass is 10.3. The fourth-order valence-electron chi connectivity index (χ4n) is 1.27. The molecule has 0 aliphatic heterocycles. The van der Waals surface area contributed by atoms with Crippen molar-refractivity contribution in [1.82, 2.24) is 15.0 Å². The van der Waals surface area contributed by atoms with Gasteiger partial charge in [0.25, 0.3) is 0 Å². The minimum absolute atomic E-state index is 0.0143. The van der Waals surface area contributed by atoms with Gasteiger partial charge in [0.1, 0.15) is 5.69 Å². The van der Waals surface area contributed by atoms with Crippen LogP contribution in [0.4, 0.5) is 0 Å². The van der Waals surface area contributed by atoms with E-state index in [2.05, 4.69) is 10.3 Å². The van der Waals surface area contributed by atoms with Crippen molar-refractivity contribution in [3.63, 3.8) is 0 Å². The van der Waals surface area contributed by atoms with E-state index in [4.69, 9.17) is 10.8 Å². The predicted molar refractivity (Wildman–Crippen MR) is 42.2 cm³/mol. The molecule has 1 saturated carbocycles. The molecule has 0 atom stereocenters. The SMILES string of the molecule is NCC1(n2cc(CO)nn2)CC1. The van der Waals surface area contributed by atoms with Crippen molar-refractivity contribution in [3.05, 3.63) is 11.9 Å². The van der Waals surface area contributed by atoms with E-state index in [0.29, 0.717) is 12.2 Å². The summed E-state index contributed by atoms with van der Waals surface area (Å²) in [7, 11) is 0. The summed E-state index contributed by atoms with van der Waals surface area (Å²) in [6.07, 6.45) is 3.90. The molecule has 1 heterocycles. The largest absolute Gasteiger partial charge is 0.390 e. The highest BCUT2D eigenvalue weighted by atomic mass is 16.3. The Morgan fingerprint density at radius 2 is 2.42 bits per heavy atom. The maximum absolute atomic E-state index is 8.76. The van der Waals surface area contributed by atoms with Gasteiger partial charge < -0.3 is 10.8 Å². The van der Waals surface area contributed by atoms with Crippen molar-refractivity contribution < 1.29 is 5.11 Å². The normalized spacial score (nSPS) is 19.5. The summed E-state index contributed by atoms with van der Waals surface area (Å²) in [5, 5.41) is 16.5. The van der Waals surface area contributed by atoms with Gasteiger partial charge >= 0.3 is 0 Å². The molecule has 0 unspecified atom stereocenters. The molecule has 0 saturated heterocycles. The van der Waals surface area contributed by atoms with Crippen molar-refractivity contribution in [3.8, 4) is 0 Å². The zero-order chi connectivity index (χ0) is 8.60. The summed E-state index contributed by atoms with van der Waals surface area (Å²) >= 11 is 0. The molecule has 0 amide bonds. The first-order valence-electron chi connectivity index (χ1n) is 4.03. The van der Waals surface area contributed by atoms with Crippen LogP contribution in [0.2, 0.25) is 0 Å². The topological polar surface area (TPSA) is 77.0 Å². The molecule has 5 heteroatoms. The van der Waals surface area contributed by atoms with Gasteiger partial charge in [-0.2, -0.15) is 0 Å². The van der Waals surface area contributed by atoms with Gasteiger partial charge in [0.2, 0.25) is 0 Å². The lowest BCUT2D eigenvalue weighted by Crippen LogP contribution is -2.27. The van der Waals surface area contributed by atoms with E-state index in [1.807, 2.05) is 0 Å². The number of hydrogen-bond acceptors (Lipinski definition) is 4. The molecule has 66 valence electrons. The minimum atomic E-state index is -0.0549. The number of aliphatic hydroxyl groups is 1. The average Bonchev–Trinajstić information content (AvgIpc) is 2.77. The molecule has 0 bridgehead atoms. The Morgan fingerprint density at radius 1 is 1.67 bits per heavy atom. The van der Waals surface area contributed by atoms with Crippen molar-refractivity contribution >= 4 is 0 Å². The maximum Gasteiger partial charge on any atom is 0.108 e. The number of aromatic nitrogens is 3. The van der Waals surface area contributed by atoms with Crippen LogP contribution in [0.25, 0.3) is 0 Å². The second kappa shape index (κ2) is 2.53. The standard InChI is InChI=1S/C7H12N4O/c8-5-7(1-2-7)11-3-6(4-12)9-10-11/h3,12H,1-2,4-5,8H2. The third-order valence-electron chi connectivity index (χ3n) is 2.40. The molecule has 0 radical (unpaired) electrons. The smallest absolute Gasteiger partial charge is 0.108 e. The molecular formula is C7H12N4O. The number of nitrogens with zero attached hydrogens (tertiary/aromatic N) is 3.